The number of hydrogen-bond acceptors (Lipinski definition) is 5. The lowest BCUT2D eigenvalue weighted by atomic mass is 10.0. The van der Waals surface area contributed by atoms with Crippen LogP contribution in [0.3, 0.4) is 0 Å². The molecule has 5 nitrogen and oxygen atoms in total. The smallest absolute Gasteiger partial charge is 0.328 e. The number of rotatable bonds is 2. The van der Waals surface area contributed by atoms with Crippen LogP contribution in [-0.2, 0) is 9.53 Å². The summed E-state index contributed by atoms with van der Waals surface area (Å²) in [6, 6.07) is 3.19. The van der Waals surface area contributed by atoms with E-state index in [9.17, 15) is 4.79 Å². The number of carbonyl (C=O) groups is 1. The van der Waals surface area contributed by atoms with Crippen LogP contribution in [0.1, 0.15) is 19.3 Å². The predicted octanol–water partition coefficient (Wildman–Crippen LogP) is 1.66. The van der Waals surface area contributed by atoms with E-state index in [1.807, 2.05) is 4.90 Å². The van der Waals surface area contributed by atoms with E-state index in [0.29, 0.717) is 11.0 Å². The zero-order valence-electron chi connectivity index (χ0n) is 9.60. The second-order valence-corrected chi connectivity index (χ2v) is 4.33. The van der Waals surface area contributed by atoms with E-state index in [-0.39, 0.29) is 12.0 Å². The number of ether oxygens (including phenoxy) is 1. The highest BCUT2D eigenvalue weighted by molar-refractivity contribution is 6.29. The van der Waals surface area contributed by atoms with Crippen LogP contribution in [0.15, 0.2) is 12.1 Å². The van der Waals surface area contributed by atoms with E-state index in [2.05, 4.69) is 10.2 Å². The molecule has 0 aliphatic carbocycles. The highest BCUT2D eigenvalue weighted by Crippen LogP contribution is 2.23. The number of piperidine rings is 1. The zero-order valence-corrected chi connectivity index (χ0v) is 10.4. The van der Waals surface area contributed by atoms with Crippen molar-refractivity contribution in [1.82, 2.24) is 10.2 Å². The van der Waals surface area contributed by atoms with Gasteiger partial charge < -0.3 is 9.64 Å². The van der Waals surface area contributed by atoms with Crippen molar-refractivity contribution in [2.45, 2.75) is 25.3 Å². The van der Waals surface area contributed by atoms with E-state index in [1.54, 1.807) is 12.1 Å². The normalized spacial score (nSPS) is 20.1. The van der Waals surface area contributed by atoms with Crippen molar-refractivity contribution >= 4 is 23.4 Å². The second kappa shape index (κ2) is 5.31. The summed E-state index contributed by atoms with van der Waals surface area (Å²) in [7, 11) is 1.41. The maximum absolute atomic E-state index is 11.7. The van der Waals surface area contributed by atoms with Gasteiger partial charge in [-0.05, 0) is 31.4 Å². The number of aromatic nitrogens is 2. The van der Waals surface area contributed by atoms with Gasteiger partial charge in [-0.25, -0.2) is 4.79 Å². The maximum Gasteiger partial charge on any atom is 0.328 e. The van der Waals surface area contributed by atoms with Crippen molar-refractivity contribution < 1.29 is 9.53 Å². The quantitative estimate of drug-likeness (QED) is 0.753. The standard InChI is InChI=1S/C11H14ClN3O2/c1-17-11(16)8-4-2-3-7-15(8)10-6-5-9(12)13-14-10/h5-6,8H,2-4,7H2,1H3. The molecule has 0 saturated carbocycles. The minimum absolute atomic E-state index is 0.221. The maximum atomic E-state index is 11.7. The number of hydrogen-bond donors (Lipinski definition) is 0. The molecule has 0 spiro atoms. The van der Waals surface area contributed by atoms with Crippen molar-refractivity contribution in [3.63, 3.8) is 0 Å². The van der Waals surface area contributed by atoms with Gasteiger partial charge in [0, 0.05) is 6.54 Å². The molecule has 6 heteroatoms. The fourth-order valence-corrected chi connectivity index (χ4v) is 2.15. The Hall–Kier alpha value is -1.36. The summed E-state index contributed by atoms with van der Waals surface area (Å²) in [6.07, 6.45) is 2.85. The third-order valence-corrected chi connectivity index (χ3v) is 3.09. The van der Waals surface area contributed by atoms with E-state index < -0.39 is 0 Å². The first-order chi connectivity index (χ1) is 8.22. The Bertz CT molecular complexity index is 396. The predicted molar refractivity (Wildman–Crippen MR) is 64.0 cm³/mol. The van der Waals surface area contributed by atoms with Gasteiger partial charge in [0.1, 0.15) is 6.04 Å². The molecular weight excluding hydrogens is 242 g/mol. The van der Waals surface area contributed by atoms with Gasteiger partial charge >= 0.3 is 5.97 Å². The van der Waals surface area contributed by atoms with E-state index >= 15 is 0 Å². The van der Waals surface area contributed by atoms with Gasteiger partial charge in [-0.3, -0.25) is 0 Å². The summed E-state index contributed by atoms with van der Waals surface area (Å²) < 4.78 is 4.81. The van der Waals surface area contributed by atoms with Gasteiger partial charge in [0.25, 0.3) is 0 Å². The SMILES string of the molecule is COC(=O)C1CCCCN1c1ccc(Cl)nn1. The van der Waals surface area contributed by atoms with Crippen LogP contribution in [-0.4, -0.2) is 35.9 Å². The average Bonchev–Trinajstić information content (AvgIpc) is 2.39. The lowest BCUT2D eigenvalue weighted by molar-refractivity contribution is -0.142. The summed E-state index contributed by atoms with van der Waals surface area (Å²) >= 11 is 5.69. The van der Waals surface area contributed by atoms with E-state index in [1.165, 1.54) is 7.11 Å². The summed E-state index contributed by atoms with van der Waals surface area (Å²) in [5.74, 6) is 0.450. The topological polar surface area (TPSA) is 55.3 Å². The molecule has 0 radical (unpaired) electrons. The third-order valence-electron chi connectivity index (χ3n) is 2.89. The fourth-order valence-electron chi connectivity index (χ4n) is 2.05. The monoisotopic (exact) mass is 255 g/mol. The molecule has 0 bridgehead atoms. The van der Waals surface area contributed by atoms with Crippen LogP contribution in [0.25, 0.3) is 0 Å². The van der Waals surface area contributed by atoms with Crippen LogP contribution in [0.4, 0.5) is 5.82 Å². The van der Waals surface area contributed by atoms with Crippen molar-refractivity contribution in [3.05, 3.63) is 17.3 Å². The van der Waals surface area contributed by atoms with Crippen LogP contribution in [0.2, 0.25) is 5.15 Å². The van der Waals surface area contributed by atoms with Crippen LogP contribution in [0.5, 0.6) is 0 Å². The van der Waals surface area contributed by atoms with Crippen molar-refractivity contribution in [2.24, 2.45) is 0 Å². The highest BCUT2D eigenvalue weighted by Gasteiger charge is 2.30. The second-order valence-electron chi connectivity index (χ2n) is 3.94. The molecule has 0 aromatic carbocycles. The van der Waals surface area contributed by atoms with Gasteiger partial charge in [-0.2, -0.15) is 0 Å². The van der Waals surface area contributed by atoms with Crippen molar-refractivity contribution in [3.8, 4) is 0 Å². The number of methoxy groups -OCH3 is 1. The molecule has 1 aliphatic heterocycles. The Morgan fingerprint density at radius 3 is 2.94 bits per heavy atom. The van der Waals surface area contributed by atoms with E-state index in [0.717, 1.165) is 25.8 Å². The van der Waals surface area contributed by atoms with E-state index in [4.69, 9.17) is 16.3 Å². The molecular formula is C11H14ClN3O2. The van der Waals surface area contributed by atoms with Crippen molar-refractivity contribution in [2.75, 3.05) is 18.6 Å². The zero-order chi connectivity index (χ0) is 12.3. The lowest BCUT2D eigenvalue weighted by Crippen LogP contribution is -2.45. The number of anilines is 1. The van der Waals surface area contributed by atoms with Crippen LogP contribution in [0, 0.1) is 0 Å². The molecule has 1 aromatic rings. The van der Waals surface area contributed by atoms with Gasteiger partial charge in [0.15, 0.2) is 11.0 Å². The Morgan fingerprint density at radius 2 is 2.29 bits per heavy atom. The number of nitrogens with zero attached hydrogens (tertiary/aromatic N) is 3. The molecule has 1 saturated heterocycles. The molecule has 1 atom stereocenters. The number of halogens is 1. The fraction of sp³-hybridized carbons (Fsp3) is 0.545. The van der Waals surface area contributed by atoms with Gasteiger partial charge in [0.2, 0.25) is 0 Å². The molecule has 1 fully saturated rings. The van der Waals surface area contributed by atoms with Gasteiger partial charge in [0.05, 0.1) is 7.11 Å². The van der Waals surface area contributed by atoms with Crippen molar-refractivity contribution in [1.29, 1.82) is 0 Å². The van der Waals surface area contributed by atoms with Gasteiger partial charge in [-0.1, -0.05) is 11.6 Å². The molecule has 0 N–H and O–H groups in total. The molecule has 1 aliphatic rings. The van der Waals surface area contributed by atoms with Gasteiger partial charge in [-0.15, -0.1) is 10.2 Å². The largest absolute Gasteiger partial charge is 0.467 e. The molecule has 2 rings (SSSR count). The minimum Gasteiger partial charge on any atom is -0.467 e. The molecule has 0 amide bonds. The summed E-state index contributed by atoms with van der Waals surface area (Å²) in [4.78, 5) is 13.6. The lowest BCUT2D eigenvalue weighted by Gasteiger charge is -2.34. The average molecular weight is 256 g/mol. The summed E-state index contributed by atoms with van der Waals surface area (Å²) in [5.41, 5.74) is 0. The van der Waals surface area contributed by atoms with Crippen LogP contribution < -0.4 is 4.90 Å². The Morgan fingerprint density at radius 1 is 1.47 bits per heavy atom. The molecule has 1 aromatic heterocycles. The molecule has 92 valence electrons. The first-order valence-corrected chi connectivity index (χ1v) is 5.94. The summed E-state index contributed by atoms with van der Waals surface area (Å²) in [6.45, 7) is 0.788. The Labute approximate surface area is 105 Å². The Balaban J connectivity index is 2.21. The first kappa shape index (κ1) is 12.1. The molecule has 1 unspecified atom stereocenters. The Kier molecular flexibility index (Phi) is 3.78. The molecule has 17 heavy (non-hydrogen) atoms. The number of esters is 1. The first-order valence-electron chi connectivity index (χ1n) is 5.56. The molecule has 2 heterocycles. The minimum atomic E-state index is -0.260. The third kappa shape index (κ3) is 2.66. The number of carbonyl (C=O) groups excluding carboxylic acids is 1. The summed E-state index contributed by atoms with van der Waals surface area (Å²) in [5, 5.41) is 8.15. The van der Waals surface area contributed by atoms with Crippen LogP contribution >= 0.6 is 11.6 Å². The highest BCUT2D eigenvalue weighted by atomic mass is 35.5.